The normalized spacial score (nSPS) is 27.8. The van der Waals surface area contributed by atoms with Crippen LogP contribution in [0.1, 0.15) is 39.0 Å². The number of carbonyl (C=O) groups is 1. The van der Waals surface area contributed by atoms with Crippen LogP contribution in [0.25, 0.3) is 0 Å². The zero-order chi connectivity index (χ0) is 14.1. The minimum absolute atomic E-state index is 0.260. The van der Waals surface area contributed by atoms with E-state index in [0.29, 0.717) is 24.6 Å². The van der Waals surface area contributed by atoms with Crippen LogP contribution in [-0.4, -0.2) is 12.5 Å². The average molecular weight is 272 g/mol. The number of benzene rings is 1. The molecule has 3 rings (SSSR count). The second-order valence-electron chi connectivity index (χ2n) is 6.37. The van der Waals surface area contributed by atoms with E-state index < -0.39 is 0 Å². The summed E-state index contributed by atoms with van der Waals surface area (Å²) in [6.07, 6.45) is 6.08. The molecule has 1 aromatic rings. The molecule has 20 heavy (non-hydrogen) atoms. The van der Waals surface area contributed by atoms with Crippen LogP contribution in [0.3, 0.4) is 0 Å². The minimum Gasteiger partial charge on any atom is -0.399 e. The number of hydrogen-bond donors (Lipinski definition) is 1. The van der Waals surface area contributed by atoms with Gasteiger partial charge in [-0.15, -0.1) is 0 Å². The largest absolute Gasteiger partial charge is 0.399 e. The topological polar surface area (TPSA) is 46.3 Å². The number of anilines is 2. The van der Waals surface area contributed by atoms with Gasteiger partial charge < -0.3 is 10.6 Å². The van der Waals surface area contributed by atoms with Crippen molar-refractivity contribution in [2.45, 2.75) is 39.0 Å². The van der Waals surface area contributed by atoms with Crippen LogP contribution in [0, 0.1) is 17.8 Å². The molecule has 0 spiro atoms. The number of rotatable bonds is 4. The first kappa shape index (κ1) is 13.5. The minimum atomic E-state index is 0.260. The third-order valence-electron chi connectivity index (χ3n) is 5.12. The molecule has 3 nitrogen and oxygen atoms in total. The number of nitrogens with zero attached hydrogens (tertiary/aromatic N) is 1. The molecule has 1 amide bonds. The smallest absolute Gasteiger partial charge is 0.227 e. The highest BCUT2D eigenvalue weighted by molar-refractivity contribution is 5.93. The molecular weight excluding hydrogens is 248 g/mol. The van der Waals surface area contributed by atoms with Gasteiger partial charge in [-0.25, -0.2) is 0 Å². The summed E-state index contributed by atoms with van der Waals surface area (Å²) in [5.41, 5.74) is 7.47. The molecule has 2 aliphatic rings. The van der Waals surface area contributed by atoms with Crippen molar-refractivity contribution in [3.63, 3.8) is 0 Å². The number of amides is 1. The van der Waals surface area contributed by atoms with Crippen molar-refractivity contribution in [1.29, 1.82) is 0 Å². The van der Waals surface area contributed by atoms with E-state index in [-0.39, 0.29) is 5.91 Å². The zero-order valence-electron chi connectivity index (χ0n) is 12.2. The summed E-state index contributed by atoms with van der Waals surface area (Å²) in [5, 5.41) is 0. The van der Waals surface area contributed by atoms with Gasteiger partial charge >= 0.3 is 0 Å². The second-order valence-corrected chi connectivity index (χ2v) is 6.37. The van der Waals surface area contributed by atoms with Crippen molar-refractivity contribution in [3.05, 3.63) is 24.3 Å². The molecule has 3 atom stereocenters. The lowest BCUT2D eigenvalue weighted by molar-refractivity contribution is -0.119. The summed E-state index contributed by atoms with van der Waals surface area (Å²) >= 11 is 0. The fourth-order valence-electron chi connectivity index (χ4n) is 4.16. The molecule has 2 N–H and O–H groups in total. The van der Waals surface area contributed by atoms with Gasteiger partial charge in [-0.1, -0.05) is 12.5 Å². The standard InChI is InChI=1S/C17H24N2O/c1-2-19(16-5-3-4-15(18)11-16)17(20)10-14-9-12-6-7-13(14)8-12/h3-5,11-14H,2,6-10,18H2,1H3. The van der Waals surface area contributed by atoms with Crippen LogP contribution in [0.4, 0.5) is 11.4 Å². The highest BCUT2D eigenvalue weighted by Crippen LogP contribution is 2.49. The highest BCUT2D eigenvalue weighted by atomic mass is 16.2. The van der Waals surface area contributed by atoms with Gasteiger partial charge in [0, 0.05) is 24.3 Å². The van der Waals surface area contributed by atoms with Crippen LogP contribution in [-0.2, 0) is 4.79 Å². The van der Waals surface area contributed by atoms with Crippen molar-refractivity contribution in [3.8, 4) is 0 Å². The molecule has 108 valence electrons. The van der Waals surface area contributed by atoms with E-state index in [2.05, 4.69) is 0 Å². The number of nitrogen functional groups attached to an aromatic ring is 1. The lowest BCUT2D eigenvalue weighted by atomic mass is 9.86. The van der Waals surface area contributed by atoms with E-state index in [1.807, 2.05) is 36.1 Å². The van der Waals surface area contributed by atoms with Gasteiger partial charge in [0.25, 0.3) is 0 Å². The van der Waals surface area contributed by atoms with Crippen molar-refractivity contribution in [1.82, 2.24) is 0 Å². The SMILES string of the molecule is CCN(C(=O)CC1CC2CCC1C2)c1cccc(N)c1. The summed E-state index contributed by atoms with van der Waals surface area (Å²) in [5.74, 6) is 2.59. The quantitative estimate of drug-likeness (QED) is 0.853. The van der Waals surface area contributed by atoms with Gasteiger partial charge in [-0.2, -0.15) is 0 Å². The van der Waals surface area contributed by atoms with Gasteiger partial charge in [-0.3, -0.25) is 4.79 Å². The highest BCUT2D eigenvalue weighted by Gasteiger charge is 2.40. The molecule has 2 aliphatic carbocycles. The molecule has 1 aromatic carbocycles. The summed E-state index contributed by atoms with van der Waals surface area (Å²) in [4.78, 5) is 14.5. The predicted octanol–water partition coefficient (Wildman–Crippen LogP) is 3.45. The number of fused-ring (bicyclic) bond motifs is 2. The first-order valence-electron chi connectivity index (χ1n) is 7.83. The predicted molar refractivity (Wildman–Crippen MR) is 82.4 cm³/mol. The van der Waals surface area contributed by atoms with Gasteiger partial charge in [0.05, 0.1) is 0 Å². The molecule has 0 aromatic heterocycles. The van der Waals surface area contributed by atoms with E-state index in [1.165, 1.54) is 25.7 Å². The van der Waals surface area contributed by atoms with E-state index in [0.717, 1.165) is 17.5 Å². The Morgan fingerprint density at radius 2 is 2.20 bits per heavy atom. The molecule has 3 unspecified atom stereocenters. The van der Waals surface area contributed by atoms with E-state index in [9.17, 15) is 4.79 Å². The van der Waals surface area contributed by atoms with Gasteiger partial charge in [0.1, 0.15) is 0 Å². The molecular formula is C17H24N2O. The van der Waals surface area contributed by atoms with Crippen LogP contribution in [0.2, 0.25) is 0 Å². The lowest BCUT2D eigenvalue weighted by Crippen LogP contribution is -2.33. The molecule has 2 fully saturated rings. The average Bonchev–Trinajstić information content (AvgIpc) is 3.02. The summed E-state index contributed by atoms with van der Waals surface area (Å²) < 4.78 is 0. The second kappa shape index (κ2) is 5.47. The fourth-order valence-corrected chi connectivity index (χ4v) is 4.16. The Bertz CT molecular complexity index is 500. The Kier molecular flexibility index (Phi) is 3.68. The zero-order valence-corrected chi connectivity index (χ0v) is 12.2. The molecule has 2 bridgehead atoms. The van der Waals surface area contributed by atoms with Gasteiger partial charge in [-0.05, 0) is 62.1 Å². The number of hydrogen-bond acceptors (Lipinski definition) is 2. The Hall–Kier alpha value is -1.51. The summed E-state index contributed by atoms with van der Waals surface area (Å²) in [7, 11) is 0. The number of nitrogens with two attached hydrogens (primary N) is 1. The Morgan fingerprint density at radius 3 is 2.80 bits per heavy atom. The van der Waals surface area contributed by atoms with E-state index >= 15 is 0 Å². The molecule has 0 aliphatic heterocycles. The molecule has 0 heterocycles. The van der Waals surface area contributed by atoms with Gasteiger partial charge in [0.15, 0.2) is 0 Å². The monoisotopic (exact) mass is 272 g/mol. The molecule has 0 saturated heterocycles. The van der Waals surface area contributed by atoms with Crippen LogP contribution in [0.15, 0.2) is 24.3 Å². The Labute approximate surface area is 121 Å². The van der Waals surface area contributed by atoms with Crippen molar-refractivity contribution < 1.29 is 4.79 Å². The summed E-state index contributed by atoms with van der Waals surface area (Å²) in [6.45, 7) is 2.74. The van der Waals surface area contributed by atoms with Crippen LogP contribution >= 0.6 is 0 Å². The fraction of sp³-hybridized carbons (Fsp3) is 0.588. The maximum atomic E-state index is 12.6. The third-order valence-corrected chi connectivity index (χ3v) is 5.12. The first-order chi connectivity index (χ1) is 9.67. The van der Waals surface area contributed by atoms with E-state index in [4.69, 9.17) is 5.73 Å². The van der Waals surface area contributed by atoms with Crippen molar-refractivity contribution >= 4 is 17.3 Å². The Balaban J connectivity index is 1.68. The summed E-state index contributed by atoms with van der Waals surface area (Å²) in [6, 6.07) is 7.64. The maximum absolute atomic E-state index is 12.6. The molecule has 3 heteroatoms. The third kappa shape index (κ3) is 2.54. The Morgan fingerprint density at radius 1 is 1.35 bits per heavy atom. The first-order valence-corrected chi connectivity index (χ1v) is 7.83. The van der Waals surface area contributed by atoms with Crippen molar-refractivity contribution in [2.24, 2.45) is 17.8 Å². The van der Waals surface area contributed by atoms with Crippen LogP contribution in [0.5, 0.6) is 0 Å². The lowest BCUT2D eigenvalue weighted by Gasteiger charge is -2.26. The van der Waals surface area contributed by atoms with Crippen molar-refractivity contribution in [2.75, 3.05) is 17.2 Å². The number of carbonyl (C=O) groups excluding carboxylic acids is 1. The maximum Gasteiger partial charge on any atom is 0.227 e. The molecule has 2 saturated carbocycles. The van der Waals surface area contributed by atoms with Gasteiger partial charge in [0.2, 0.25) is 5.91 Å². The van der Waals surface area contributed by atoms with Crippen LogP contribution < -0.4 is 10.6 Å². The molecule has 0 radical (unpaired) electrons. The van der Waals surface area contributed by atoms with E-state index in [1.54, 1.807) is 0 Å².